The number of hydrogen-bond donors (Lipinski definition) is 3. The Morgan fingerprint density at radius 2 is 1.81 bits per heavy atom. The van der Waals surface area contributed by atoms with Crippen LogP contribution in [0.1, 0.15) is 31.4 Å². The van der Waals surface area contributed by atoms with Crippen molar-refractivity contribution in [1.29, 1.82) is 0 Å². The van der Waals surface area contributed by atoms with E-state index in [1.165, 1.54) is 0 Å². The molecule has 31 heavy (non-hydrogen) atoms. The summed E-state index contributed by atoms with van der Waals surface area (Å²) in [4.78, 5) is 34.2. The van der Waals surface area contributed by atoms with E-state index < -0.39 is 12.1 Å². The number of halogens is 3. The molecule has 2 heterocycles. The van der Waals surface area contributed by atoms with E-state index in [1.807, 2.05) is 25.1 Å². The van der Waals surface area contributed by atoms with Gasteiger partial charge in [0.2, 0.25) is 18.6 Å². The molecule has 0 aromatic heterocycles. The van der Waals surface area contributed by atoms with Crippen LogP contribution in [0.5, 0.6) is 11.5 Å². The number of likely N-dealkylation sites (tertiary alicyclic amines) is 1. The van der Waals surface area contributed by atoms with Crippen molar-refractivity contribution in [3.05, 3.63) is 23.8 Å². The molecule has 9 nitrogen and oxygen atoms in total. The highest BCUT2D eigenvalue weighted by molar-refractivity contribution is 5.80. The van der Waals surface area contributed by atoms with Crippen LogP contribution in [0.3, 0.4) is 0 Å². The molecule has 0 bridgehead atoms. The highest BCUT2D eigenvalue weighted by Gasteiger charge is 2.38. The predicted molar refractivity (Wildman–Crippen MR) is 101 cm³/mol. The number of nitrogens with one attached hydrogen (secondary N) is 1. The molecule has 0 aliphatic carbocycles. The summed E-state index contributed by atoms with van der Waals surface area (Å²) in [6, 6.07) is 5.80. The van der Waals surface area contributed by atoms with Gasteiger partial charge < -0.3 is 30.5 Å². The first kappa shape index (κ1) is 24.3. The number of carbonyl (C=O) groups excluding carboxylic acids is 2. The molecule has 1 aromatic carbocycles. The first-order chi connectivity index (χ1) is 14.5. The zero-order valence-electron chi connectivity index (χ0n) is 16.8. The van der Waals surface area contributed by atoms with Crippen molar-refractivity contribution in [2.75, 3.05) is 26.4 Å². The minimum atomic E-state index is -5.08. The van der Waals surface area contributed by atoms with Gasteiger partial charge >= 0.3 is 12.1 Å². The van der Waals surface area contributed by atoms with E-state index in [1.54, 1.807) is 4.90 Å². The summed E-state index contributed by atoms with van der Waals surface area (Å²) >= 11 is 0. The highest BCUT2D eigenvalue weighted by Crippen LogP contribution is 2.34. The van der Waals surface area contributed by atoms with Gasteiger partial charge in [0.25, 0.3) is 0 Å². The van der Waals surface area contributed by atoms with Crippen molar-refractivity contribution in [3.63, 3.8) is 0 Å². The zero-order chi connectivity index (χ0) is 23.2. The fourth-order valence-electron chi connectivity index (χ4n) is 3.07. The third-order valence-electron chi connectivity index (χ3n) is 4.95. The van der Waals surface area contributed by atoms with E-state index in [0.29, 0.717) is 25.9 Å². The standard InChI is InChI=1S/C17H23N3O4.C2HF3O2/c1-11(13-2-3-14-15(8-13)24-10-23-14)19-9-16(21)20-6-4-12(5-7-20)17(18)22;3-2(4,5)1(6)7/h2-3,8,11-12,19H,4-7,9-10H2,1H3,(H2,18,22);(H,6,7). The molecular formula is C19H24F3N3O6. The van der Waals surface area contributed by atoms with Crippen molar-refractivity contribution < 1.29 is 42.1 Å². The number of nitrogens with zero attached hydrogens (tertiary/aromatic N) is 1. The molecule has 1 atom stereocenters. The number of rotatable bonds is 5. The van der Waals surface area contributed by atoms with Gasteiger partial charge in [-0.3, -0.25) is 9.59 Å². The van der Waals surface area contributed by atoms with Gasteiger partial charge in [-0.1, -0.05) is 6.07 Å². The number of benzene rings is 1. The number of amides is 2. The van der Waals surface area contributed by atoms with Crippen LogP contribution in [0, 0.1) is 5.92 Å². The minimum absolute atomic E-state index is 0.0200. The summed E-state index contributed by atoms with van der Waals surface area (Å²) in [5.74, 6) is -1.59. The van der Waals surface area contributed by atoms with Gasteiger partial charge in [0.15, 0.2) is 11.5 Å². The van der Waals surface area contributed by atoms with Crippen LogP contribution in [-0.2, 0) is 14.4 Å². The van der Waals surface area contributed by atoms with Gasteiger partial charge in [-0.25, -0.2) is 4.79 Å². The third-order valence-corrected chi connectivity index (χ3v) is 4.95. The summed E-state index contributed by atoms with van der Waals surface area (Å²) < 4.78 is 42.4. The second-order valence-corrected chi connectivity index (χ2v) is 7.08. The lowest BCUT2D eigenvalue weighted by molar-refractivity contribution is -0.192. The minimum Gasteiger partial charge on any atom is -0.475 e. The molecule has 2 aliphatic heterocycles. The number of primary amides is 1. The molecule has 1 fully saturated rings. The summed E-state index contributed by atoms with van der Waals surface area (Å²) in [6.45, 7) is 3.69. The average molecular weight is 447 g/mol. The topological polar surface area (TPSA) is 131 Å². The van der Waals surface area contributed by atoms with E-state index in [2.05, 4.69) is 5.32 Å². The molecule has 1 aromatic rings. The van der Waals surface area contributed by atoms with Crippen LogP contribution >= 0.6 is 0 Å². The molecule has 12 heteroatoms. The normalized spacial score (nSPS) is 16.8. The second kappa shape index (κ2) is 10.3. The Balaban J connectivity index is 0.000000423. The van der Waals surface area contributed by atoms with Crippen molar-refractivity contribution in [2.24, 2.45) is 11.7 Å². The molecule has 4 N–H and O–H groups in total. The van der Waals surface area contributed by atoms with E-state index in [-0.39, 0.29) is 37.1 Å². The largest absolute Gasteiger partial charge is 0.490 e. The van der Waals surface area contributed by atoms with E-state index >= 15 is 0 Å². The molecule has 0 saturated carbocycles. The maximum atomic E-state index is 12.3. The quantitative estimate of drug-likeness (QED) is 0.622. The average Bonchev–Trinajstić information content (AvgIpc) is 3.19. The number of carboxylic acid groups (broad SMARTS) is 1. The number of hydrogen-bond acceptors (Lipinski definition) is 6. The molecule has 3 rings (SSSR count). The molecular weight excluding hydrogens is 423 g/mol. The van der Waals surface area contributed by atoms with Gasteiger partial charge in [0, 0.05) is 25.0 Å². The number of carboxylic acids is 1. The van der Waals surface area contributed by atoms with E-state index in [0.717, 1.165) is 17.1 Å². The van der Waals surface area contributed by atoms with Crippen LogP contribution in [0.4, 0.5) is 13.2 Å². The van der Waals surface area contributed by atoms with Crippen molar-refractivity contribution in [1.82, 2.24) is 10.2 Å². The molecule has 2 aliphatic rings. The van der Waals surface area contributed by atoms with E-state index in [4.69, 9.17) is 25.1 Å². The molecule has 1 saturated heterocycles. The second-order valence-electron chi connectivity index (χ2n) is 7.08. The maximum absolute atomic E-state index is 12.3. The highest BCUT2D eigenvalue weighted by atomic mass is 19.4. The number of fused-ring (bicyclic) bond motifs is 1. The summed E-state index contributed by atoms with van der Waals surface area (Å²) in [7, 11) is 0. The molecule has 1 unspecified atom stereocenters. The van der Waals surface area contributed by atoms with Gasteiger partial charge in [-0.2, -0.15) is 13.2 Å². The number of ether oxygens (including phenoxy) is 2. The summed E-state index contributed by atoms with van der Waals surface area (Å²) in [5, 5.41) is 10.4. The number of aliphatic carboxylic acids is 1. The van der Waals surface area contributed by atoms with Crippen molar-refractivity contribution in [3.8, 4) is 11.5 Å². The van der Waals surface area contributed by atoms with Crippen LogP contribution in [0.15, 0.2) is 18.2 Å². The molecule has 0 radical (unpaired) electrons. The van der Waals surface area contributed by atoms with Crippen molar-refractivity contribution in [2.45, 2.75) is 32.0 Å². The SMILES string of the molecule is CC(NCC(=O)N1CCC(C(N)=O)CC1)c1ccc2c(c1)OCO2.O=C(O)C(F)(F)F. The lowest BCUT2D eigenvalue weighted by Gasteiger charge is -2.31. The van der Waals surface area contributed by atoms with Gasteiger partial charge in [0.05, 0.1) is 6.54 Å². The Bertz CT molecular complexity index is 810. The first-order valence-electron chi connectivity index (χ1n) is 9.49. The molecule has 0 spiro atoms. The van der Waals surface area contributed by atoms with Crippen LogP contribution in [0.2, 0.25) is 0 Å². The first-order valence-corrected chi connectivity index (χ1v) is 9.49. The Kier molecular flexibility index (Phi) is 8.08. The smallest absolute Gasteiger partial charge is 0.475 e. The summed E-state index contributed by atoms with van der Waals surface area (Å²) in [5.41, 5.74) is 6.36. The Labute approximate surface area is 176 Å². The van der Waals surface area contributed by atoms with E-state index in [9.17, 15) is 22.8 Å². The predicted octanol–water partition coefficient (Wildman–Crippen LogP) is 1.42. The van der Waals surface area contributed by atoms with Crippen LogP contribution < -0.4 is 20.5 Å². The Morgan fingerprint density at radius 1 is 1.23 bits per heavy atom. The Hall–Kier alpha value is -3.02. The van der Waals surface area contributed by atoms with Gasteiger partial charge in [0.1, 0.15) is 0 Å². The number of carbonyl (C=O) groups is 3. The number of piperidine rings is 1. The third kappa shape index (κ3) is 7.02. The van der Waals surface area contributed by atoms with Gasteiger partial charge in [-0.05, 0) is 37.5 Å². The van der Waals surface area contributed by atoms with Gasteiger partial charge in [-0.15, -0.1) is 0 Å². The summed E-state index contributed by atoms with van der Waals surface area (Å²) in [6.07, 6.45) is -3.78. The zero-order valence-corrected chi connectivity index (χ0v) is 16.8. The fraction of sp³-hybridized carbons (Fsp3) is 0.526. The fourth-order valence-corrected chi connectivity index (χ4v) is 3.07. The lowest BCUT2D eigenvalue weighted by Crippen LogP contribution is -2.45. The number of alkyl halides is 3. The monoisotopic (exact) mass is 447 g/mol. The number of nitrogens with two attached hydrogens (primary N) is 1. The van der Waals surface area contributed by atoms with Crippen LogP contribution in [0.25, 0.3) is 0 Å². The lowest BCUT2D eigenvalue weighted by atomic mass is 9.96. The maximum Gasteiger partial charge on any atom is 0.490 e. The molecule has 2 amide bonds. The van der Waals surface area contributed by atoms with Crippen LogP contribution in [-0.4, -0.2) is 60.4 Å². The Morgan fingerprint density at radius 3 is 2.35 bits per heavy atom. The molecule has 172 valence electrons. The van der Waals surface area contributed by atoms with Crippen molar-refractivity contribution >= 4 is 17.8 Å².